The molecule has 2 saturated carbocycles. The van der Waals surface area contributed by atoms with Gasteiger partial charge in [0.05, 0.1) is 5.16 Å². The molecule has 0 aromatic carbocycles. The Hall–Kier alpha value is -0.530. The van der Waals surface area contributed by atoms with Crippen molar-refractivity contribution in [1.82, 2.24) is 0 Å². The van der Waals surface area contributed by atoms with Crippen LogP contribution in [0, 0.1) is 17.8 Å². The second-order valence-electron chi connectivity index (χ2n) is 3.68. The van der Waals surface area contributed by atoms with E-state index in [9.17, 15) is 4.79 Å². The Bertz CT molecular complexity index is 245. The zero-order valence-electron chi connectivity index (χ0n) is 6.82. The van der Waals surface area contributed by atoms with E-state index in [1.165, 1.54) is 25.7 Å². The van der Waals surface area contributed by atoms with Crippen LogP contribution in [0.25, 0.3) is 0 Å². The molecule has 2 aliphatic rings. The van der Waals surface area contributed by atoms with E-state index in [4.69, 9.17) is 0 Å². The smallest absolute Gasteiger partial charge is 0.258 e. The molecule has 2 unspecified atom stereocenters. The van der Waals surface area contributed by atoms with E-state index in [1.807, 2.05) is 0 Å². The highest BCUT2D eigenvalue weighted by Gasteiger charge is 2.54. The molecule has 0 saturated heterocycles. The van der Waals surface area contributed by atoms with Crippen molar-refractivity contribution in [3.63, 3.8) is 0 Å². The molecule has 0 spiro atoms. The quantitative estimate of drug-likeness (QED) is 0.457. The van der Waals surface area contributed by atoms with Crippen LogP contribution in [0.4, 0.5) is 0 Å². The molecule has 1 amide bonds. The number of carbonyl (C=O) groups excluding carboxylic acids is 1. The summed E-state index contributed by atoms with van der Waals surface area (Å²) in [5.74, 6) is 1.46. The normalized spacial score (nSPS) is 37.8. The molecular weight excluding hydrogens is 170 g/mol. The van der Waals surface area contributed by atoms with Crippen LogP contribution in [0.2, 0.25) is 0 Å². The summed E-state index contributed by atoms with van der Waals surface area (Å²) < 4.78 is 0. The molecular formula is C9H11NOS. The molecule has 2 fully saturated rings. The first kappa shape index (κ1) is 8.09. The lowest BCUT2D eigenvalue weighted by Crippen LogP contribution is -1.97. The maximum absolute atomic E-state index is 11.3. The molecule has 0 aromatic rings. The lowest BCUT2D eigenvalue weighted by molar-refractivity contribution is -0.119. The Labute approximate surface area is 77.1 Å². The maximum atomic E-state index is 11.3. The third-order valence-corrected chi connectivity index (χ3v) is 3.19. The molecule has 0 bridgehead atoms. The van der Waals surface area contributed by atoms with E-state index in [1.54, 1.807) is 0 Å². The number of isothiocyanates is 1. The van der Waals surface area contributed by atoms with E-state index in [0.717, 1.165) is 0 Å². The van der Waals surface area contributed by atoms with Crippen LogP contribution in [-0.2, 0) is 4.79 Å². The number of amides is 1. The van der Waals surface area contributed by atoms with Crippen LogP contribution in [0.5, 0.6) is 0 Å². The third-order valence-electron chi connectivity index (χ3n) is 3.10. The predicted octanol–water partition coefficient (Wildman–Crippen LogP) is 2.05. The van der Waals surface area contributed by atoms with Gasteiger partial charge in [0.15, 0.2) is 0 Å². The van der Waals surface area contributed by atoms with E-state index in [0.29, 0.717) is 11.8 Å². The molecule has 12 heavy (non-hydrogen) atoms. The first-order valence-electron chi connectivity index (χ1n) is 4.46. The van der Waals surface area contributed by atoms with Gasteiger partial charge in [0, 0.05) is 5.92 Å². The number of aliphatic imine (C=N–C) groups is 1. The van der Waals surface area contributed by atoms with Crippen molar-refractivity contribution >= 4 is 23.3 Å². The van der Waals surface area contributed by atoms with Crippen LogP contribution >= 0.6 is 12.2 Å². The van der Waals surface area contributed by atoms with Gasteiger partial charge in [-0.05, 0) is 36.9 Å². The van der Waals surface area contributed by atoms with E-state index in [2.05, 4.69) is 22.4 Å². The minimum atomic E-state index is -0.0260. The van der Waals surface area contributed by atoms with E-state index < -0.39 is 0 Å². The molecule has 0 heterocycles. The third kappa shape index (κ3) is 1.23. The zero-order chi connectivity index (χ0) is 8.55. The summed E-state index contributed by atoms with van der Waals surface area (Å²) in [6, 6.07) is 0. The average Bonchev–Trinajstić information content (AvgIpc) is 2.78. The van der Waals surface area contributed by atoms with Crippen molar-refractivity contribution in [3.8, 4) is 0 Å². The van der Waals surface area contributed by atoms with Gasteiger partial charge in [0.25, 0.3) is 5.91 Å². The topological polar surface area (TPSA) is 29.4 Å². The van der Waals surface area contributed by atoms with Gasteiger partial charge in [0.2, 0.25) is 0 Å². The number of rotatable bonds is 1. The number of fused-ring (bicyclic) bond motifs is 1. The van der Waals surface area contributed by atoms with Crippen LogP contribution in [0.3, 0.4) is 0 Å². The second-order valence-corrected chi connectivity index (χ2v) is 3.86. The fourth-order valence-corrected chi connectivity index (χ4v) is 2.57. The van der Waals surface area contributed by atoms with Gasteiger partial charge in [-0.25, -0.2) is 0 Å². The molecule has 0 N–H and O–H groups in total. The summed E-state index contributed by atoms with van der Waals surface area (Å²) in [5.41, 5.74) is 0. The summed E-state index contributed by atoms with van der Waals surface area (Å²) >= 11 is 4.40. The van der Waals surface area contributed by atoms with Gasteiger partial charge >= 0.3 is 0 Å². The van der Waals surface area contributed by atoms with Crippen LogP contribution in [0.15, 0.2) is 4.99 Å². The summed E-state index contributed by atoms with van der Waals surface area (Å²) in [6.45, 7) is 0. The molecule has 0 aliphatic heterocycles. The van der Waals surface area contributed by atoms with Crippen molar-refractivity contribution in [2.45, 2.75) is 25.7 Å². The standard InChI is InChI=1S/C9H11NOS/c11-9(10-5-12)8-6-3-1-2-4-7(6)8/h6-8H,1-4H2. The fourth-order valence-electron chi connectivity index (χ4n) is 2.48. The summed E-state index contributed by atoms with van der Waals surface area (Å²) in [5, 5.41) is 2.16. The Morgan fingerprint density at radius 1 is 1.33 bits per heavy atom. The lowest BCUT2D eigenvalue weighted by atomic mass is 10.0. The first-order chi connectivity index (χ1) is 5.84. The molecule has 2 nitrogen and oxygen atoms in total. The highest BCUT2D eigenvalue weighted by Crippen LogP contribution is 2.55. The largest absolute Gasteiger partial charge is 0.272 e. The van der Waals surface area contributed by atoms with Crippen molar-refractivity contribution in [2.24, 2.45) is 22.7 Å². The van der Waals surface area contributed by atoms with Crippen LogP contribution in [-0.4, -0.2) is 11.1 Å². The number of nitrogens with zero attached hydrogens (tertiary/aromatic N) is 1. The van der Waals surface area contributed by atoms with Gasteiger partial charge in [0.1, 0.15) is 0 Å². The van der Waals surface area contributed by atoms with Crippen molar-refractivity contribution in [3.05, 3.63) is 0 Å². The number of hydrogen-bond donors (Lipinski definition) is 0. The highest BCUT2D eigenvalue weighted by atomic mass is 32.1. The predicted molar refractivity (Wildman–Crippen MR) is 49.0 cm³/mol. The second kappa shape index (κ2) is 3.08. The minimum absolute atomic E-state index is 0.0260. The van der Waals surface area contributed by atoms with Crippen molar-refractivity contribution in [2.75, 3.05) is 0 Å². The zero-order valence-corrected chi connectivity index (χ0v) is 7.64. The number of thiocarbonyl (C=S) groups is 1. The van der Waals surface area contributed by atoms with Gasteiger partial charge < -0.3 is 0 Å². The van der Waals surface area contributed by atoms with Crippen LogP contribution in [0.1, 0.15) is 25.7 Å². The Kier molecular flexibility index (Phi) is 2.07. The first-order valence-corrected chi connectivity index (χ1v) is 4.87. The van der Waals surface area contributed by atoms with E-state index >= 15 is 0 Å². The van der Waals surface area contributed by atoms with Gasteiger partial charge in [-0.3, -0.25) is 4.79 Å². The maximum Gasteiger partial charge on any atom is 0.258 e. The molecule has 3 heteroatoms. The van der Waals surface area contributed by atoms with Gasteiger partial charge in [-0.1, -0.05) is 12.8 Å². The summed E-state index contributed by atoms with van der Waals surface area (Å²) in [6.07, 6.45) is 5.00. The number of carbonyl (C=O) groups is 1. The van der Waals surface area contributed by atoms with Crippen molar-refractivity contribution < 1.29 is 4.79 Å². The van der Waals surface area contributed by atoms with Gasteiger partial charge in [-0.2, -0.15) is 4.99 Å². The Morgan fingerprint density at radius 2 is 1.92 bits per heavy atom. The molecule has 64 valence electrons. The molecule has 2 aliphatic carbocycles. The molecule has 0 radical (unpaired) electrons. The average molecular weight is 181 g/mol. The fraction of sp³-hybridized carbons (Fsp3) is 0.778. The molecule has 2 rings (SSSR count). The number of hydrogen-bond acceptors (Lipinski definition) is 2. The summed E-state index contributed by atoms with van der Waals surface area (Å²) in [7, 11) is 0. The summed E-state index contributed by atoms with van der Waals surface area (Å²) in [4.78, 5) is 14.8. The van der Waals surface area contributed by atoms with Gasteiger partial charge in [-0.15, -0.1) is 0 Å². The Morgan fingerprint density at radius 3 is 2.42 bits per heavy atom. The van der Waals surface area contributed by atoms with Crippen LogP contribution < -0.4 is 0 Å². The minimum Gasteiger partial charge on any atom is -0.272 e. The molecule has 2 atom stereocenters. The SMILES string of the molecule is O=C(N=C=S)C1C2CCCCC21. The lowest BCUT2D eigenvalue weighted by Gasteiger charge is -2.04. The van der Waals surface area contributed by atoms with E-state index in [-0.39, 0.29) is 11.8 Å². The Balaban J connectivity index is 2.00. The van der Waals surface area contributed by atoms with Crippen molar-refractivity contribution in [1.29, 1.82) is 0 Å². The monoisotopic (exact) mass is 181 g/mol. The molecule has 0 aromatic heterocycles. The highest BCUT2D eigenvalue weighted by molar-refractivity contribution is 7.78.